The molecule has 1 fully saturated rings. The van der Waals surface area contributed by atoms with Crippen LogP contribution in [-0.2, 0) is 9.53 Å². The Morgan fingerprint density at radius 1 is 1.62 bits per heavy atom. The molecule has 1 aliphatic heterocycles. The van der Waals surface area contributed by atoms with Crippen LogP contribution in [0, 0.1) is 5.92 Å². The Morgan fingerprint density at radius 2 is 2.31 bits per heavy atom. The van der Waals surface area contributed by atoms with Gasteiger partial charge in [0.25, 0.3) is 0 Å². The number of rotatable bonds is 3. The highest BCUT2D eigenvalue weighted by Gasteiger charge is 2.37. The molecule has 0 unspecified atom stereocenters. The summed E-state index contributed by atoms with van der Waals surface area (Å²) >= 11 is 6.59. The smallest absolute Gasteiger partial charge is 0.335 e. The molecule has 0 aromatic carbocycles. The lowest BCUT2D eigenvalue weighted by Crippen LogP contribution is -2.17. The van der Waals surface area contributed by atoms with Gasteiger partial charge in [0.2, 0.25) is 0 Å². The second-order valence-electron chi connectivity index (χ2n) is 3.06. The number of ether oxygens (including phenoxy) is 1. The van der Waals surface area contributed by atoms with Gasteiger partial charge in [0.05, 0.1) is 5.57 Å². The van der Waals surface area contributed by atoms with Crippen LogP contribution in [0.15, 0.2) is 10.6 Å². The van der Waals surface area contributed by atoms with Crippen LogP contribution in [0.4, 0.5) is 0 Å². The summed E-state index contributed by atoms with van der Waals surface area (Å²) in [5, 5.41) is 0.779. The topological polar surface area (TPSA) is 26.3 Å². The maximum atomic E-state index is 11.3. The van der Waals surface area contributed by atoms with E-state index in [0.29, 0.717) is 0 Å². The average molecular weight is 312 g/mol. The summed E-state index contributed by atoms with van der Waals surface area (Å²) in [5.41, 5.74) is 0.746. The van der Waals surface area contributed by atoms with Gasteiger partial charge in [0.15, 0.2) is 0 Å². The van der Waals surface area contributed by atoms with E-state index < -0.39 is 0 Å². The molecule has 0 radical (unpaired) electrons. The van der Waals surface area contributed by atoms with Gasteiger partial charge in [-0.3, -0.25) is 0 Å². The van der Waals surface area contributed by atoms with E-state index in [9.17, 15) is 4.79 Å². The lowest BCUT2D eigenvalue weighted by Gasteiger charge is -2.13. The van der Waals surface area contributed by atoms with Crippen LogP contribution in [0.2, 0.25) is 0 Å². The molecular formula is C9H12Br2O2. The maximum absolute atomic E-state index is 11.3. The third-order valence-corrected chi connectivity index (χ3v) is 3.39. The standard InChI is InChI=1S/C9H12Br2O2/c1-2-3-8-6(4-10)7(5-11)9(12)13-8/h5-6,8H,2-4H2,1H3/b7-5-/t6-,8+/m1/s1. The summed E-state index contributed by atoms with van der Waals surface area (Å²) in [5.74, 6) is 0.0200. The van der Waals surface area contributed by atoms with Gasteiger partial charge in [0.1, 0.15) is 6.10 Å². The van der Waals surface area contributed by atoms with E-state index in [4.69, 9.17) is 4.74 Å². The molecule has 2 nitrogen and oxygen atoms in total. The van der Waals surface area contributed by atoms with Crippen molar-refractivity contribution in [3.8, 4) is 0 Å². The molecule has 0 aromatic rings. The molecule has 4 heteroatoms. The largest absolute Gasteiger partial charge is 0.458 e. The number of carbonyl (C=O) groups is 1. The number of cyclic esters (lactones) is 1. The summed E-state index contributed by atoms with van der Waals surface area (Å²) in [6.45, 7) is 2.09. The normalized spacial score (nSPS) is 31.0. The van der Waals surface area contributed by atoms with E-state index in [0.717, 1.165) is 23.7 Å². The third-order valence-electron chi connectivity index (χ3n) is 2.20. The summed E-state index contributed by atoms with van der Waals surface area (Å²) in [7, 11) is 0. The zero-order chi connectivity index (χ0) is 9.84. The predicted molar refractivity (Wildman–Crippen MR) is 59.1 cm³/mol. The van der Waals surface area contributed by atoms with Crippen molar-refractivity contribution in [1.82, 2.24) is 0 Å². The van der Waals surface area contributed by atoms with Gasteiger partial charge in [-0.15, -0.1) is 0 Å². The van der Waals surface area contributed by atoms with Gasteiger partial charge in [-0.05, 0) is 11.4 Å². The minimum absolute atomic E-state index is 0.0562. The Morgan fingerprint density at radius 3 is 2.77 bits per heavy atom. The van der Waals surface area contributed by atoms with Crippen LogP contribution in [0.25, 0.3) is 0 Å². The zero-order valence-electron chi connectivity index (χ0n) is 7.43. The zero-order valence-corrected chi connectivity index (χ0v) is 10.6. The molecule has 0 aliphatic carbocycles. The highest BCUT2D eigenvalue weighted by atomic mass is 79.9. The first kappa shape index (κ1) is 11.2. The summed E-state index contributed by atoms with van der Waals surface area (Å²) < 4.78 is 5.24. The first-order valence-electron chi connectivity index (χ1n) is 4.31. The monoisotopic (exact) mass is 310 g/mol. The second-order valence-corrected chi connectivity index (χ2v) is 4.16. The predicted octanol–water partition coefficient (Wildman–Crippen LogP) is 3.00. The molecule has 1 rings (SSSR count). The van der Waals surface area contributed by atoms with E-state index in [2.05, 4.69) is 38.8 Å². The lowest BCUT2D eigenvalue weighted by atomic mass is 9.97. The molecule has 1 heterocycles. The SMILES string of the molecule is CCC[C@@H]1OC(=O)/C(=C\Br)[C@H]1CBr. The fourth-order valence-corrected chi connectivity index (χ4v) is 2.78. The van der Waals surface area contributed by atoms with Gasteiger partial charge >= 0.3 is 5.97 Å². The van der Waals surface area contributed by atoms with Crippen LogP contribution in [0.5, 0.6) is 0 Å². The minimum Gasteiger partial charge on any atom is -0.458 e. The summed E-state index contributed by atoms with van der Waals surface area (Å²) in [6, 6.07) is 0. The summed E-state index contributed by atoms with van der Waals surface area (Å²) in [4.78, 5) is 13.0. The van der Waals surface area contributed by atoms with Crippen molar-refractivity contribution >= 4 is 37.8 Å². The van der Waals surface area contributed by atoms with E-state index in [1.165, 1.54) is 0 Å². The molecule has 0 bridgehead atoms. The molecule has 0 aromatic heterocycles. The molecule has 1 aliphatic rings. The van der Waals surface area contributed by atoms with Crippen molar-refractivity contribution < 1.29 is 9.53 Å². The van der Waals surface area contributed by atoms with E-state index >= 15 is 0 Å². The highest BCUT2D eigenvalue weighted by molar-refractivity contribution is 9.11. The number of hydrogen-bond acceptors (Lipinski definition) is 2. The molecule has 0 amide bonds. The third kappa shape index (κ3) is 2.34. The van der Waals surface area contributed by atoms with Crippen molar-refractivity contribution in [2.75, 3.05) is 5.33 Å². The lowest BCUT2D eigenvalue weighted by molar-refractivity contribution is -0.139. The molecule has 74 valence electrons. The molecule has 0 saturated carbocycles. The van der Waals surface area contributed by atoms with Crippen molar-refractivity contribution in [2.24, 2.45) is 5.92 Å². The maximum Gasteiger partial charge on any atom is 0.335 e. The Labute approximate surface area is 95.0 Å². The number of esters is 1. The van der Waals surface area contributed by atoms with Crippen molar-refractivity contribution in [2.45, 2.75) is 25.9 Å². The van der Waals surface area contributed by atoms with Crippen LogP contribution < -0.4 is 0 Å². The Balaban J connectivity index is 2.75. The molecule has 0 N–H and O–H groups in total. The Hall–Kier alpha value is 0.170. The average Bonchev–Trinajstić information content (AvgIpc) is 2.41. The molecule has 2 atom stereocenters. The van der Waals surface area contributed by atoms with Gasteiger partial charge in [0, 0.05) is 11.2 Å². The van der Waals surface area contributed by atoms with E-state index in [1.807, 2.05) is 0 Å². The van der Waals surface area contributed by atoms with Crippen LogP contribution >= 0.6 is 31.9 Å². The van der Waals surface area contributed by atoms with Crippen molar-refractivity contribution in [3.63, 3.8) is 0 Å². The van der Waals surface area contributed by atoms with Gasteiger partial charge in [-0.2, -0.15) is 0 Å². The number of carbonyl (C=O) groups excluding carboxylic acids is 1. The van der Waals surface area contributed by atoms with E-state index in [1.54, 1.807) is 4.99 Å². The van der Waals surface area contributed by atoms with Crippen LogP contribution in [-0.4, -0.2) is 17.4 Å². The van der Waals surface area contributed by atoms with Crippen molar-refractivity contribution in [3.05, 3.63) is 10.6 Å². The van der Waals surface area contributed by atoms with Gasteiger partial charge in [-0.1, -0.05) is 45.2 Å². The number of hydrogen-bond donors (Lipinski definition) is 0. The van der Waals surface area contributed by atoms with Crippen LogP contribution in [0.1, 0.15) is 19.8 Å². The fourth-order valence-electron chi connectivity index (χ4n) is 1.49. The quantitative estimate of drug-likeness (QED) is 0.455. The van der Waals surface area contributed by atoms with Crippen LogP contribution in [0.3, 0.4) is 0 Å². The first-order chi connectivity index (χ1) is 6.24. The molecule has 13 heavy (non-hydrogen) atoms. The highest BCUT2D eigenvalue weighted by Crippen LogP contribution is 2.32. The van der Waals surface area contributed by atoms with Gasteiger partial charge in [-0.25, -0.2) is 4.79 Å². The second kappa shape index (κ2) is 5.15. The van der Waals surface area contributed by atoms with Crippen molar-refractivity contribution in [1.29, 1.82) is 0 Å². The molecule has 1 saturated heterocycles. The molecular weight excluding hydrogens is 300 g/mol. The number of alkyl halides is 1. The molecule has 0 spiro atoms. The first-order valence-corrected chi connectivity index (χ1v) is 6.35. The minimum atomic E-state index is -0.181. The number of halogens is 2. The van der Waals surface area contributed by atoms with Gasteiger partial charge < -0.3 is 4.74 Å². The fraction of sp³-hybridized carbons (Fsp3) is 0.667. The Kier molecular flexibility index (Phi) is 4.46. The van der Waals surface area contributed by atoms with E-state index in [-0.39, 0.29) is 18.0 Å². The summed E-state index contributed by atoms with van der Waals surface area (Å²) in [6.07, 6.45) is 2.03. The Bertz CT molecular complexity index is 226.